The smallest absolute Gasteiger partial charge is 0.342 e. The maximum Gasteiger partial charge on any atom is 0.417 e. The summed E-state index contributed by atoms with van der Waals surface area (Å²) >= 11 is 0. The van der Waals surface area contributed by atoms with Crippen LogP contribution in [0.15, 0.2) is 29.1 Å². The van der Waals surface area contributed by atoms with E-state index in [0.29, 0.717) is 12.1 Å². The summed E-state index contributed by atoms with van der Waals surface area (Å²) in [5.74, 6) is -0.430. The van der Waals surface area contributed by atoms with Crippen molar-refractivity contribution < 1.29 is 30.9 Å². The lowest BCUT2D eigenvalue weighted by molar-refractivity contribution is -0.142. The topological polar surface area (TPSA) is 38.9 Å². The van der Waals surface area contributed by atoms with Gasteiger partial charge in [0.1, 0.15) is 0 Å². The van der Waals surface area contributed by atoms with Crippen LogP contribution in [0.25, 0.3) is 11.4 Å². The van der Waals surface area contributed by atoms with Crippen molar-refractivity contribution >= 4 is 0 Å². The molecule has 102 valence electrons. The molecule has 0 saturated heterocycles. The molecule has 1 heterocycles. The van der Waals surface area contributed by atoms with E-state index in [1.165, 1.54) is 0 Å². The number of aromatic nitrogens is 2. The first-order chi connectivity index (χ1) is 8.69. The molecule has 0 atom stereocenters. The van der Waals surface area contributed by atoms with Crippen LogP contribution in [0.2, 0.25) is 0 Å². The first-order valence-electron chi connectivity index (χ1n) is 4.75. The van der Waals surface area contributed by atoms with Crippen LogP contribution in [-0.2, 0) is 12.4 Å². The standard InChI is InChI=1S/C10H4F6N2O/c11-9(12,13)5-1-2-6(8-17-4-19-18-8)7(3-5)10(14,15)16/h1-4H. The summed E-state index contributed by atoms with van der Waals surface area (Å²) in [6, 6.07) is 1.21. The molecule has 1 aromatic carbocycles. The van der Waals surface area contributed by atoms with Gasteiger partial charge in [-0.15, -0.1) is 0 Å². The third kappa shape index (κ3) is 2.69. The minimum absolute atomic E-state index is 0.0195. The maximum absolute atomic E-state index is 12.8. The van der Waals surface area contributed by atoms with E-state index in [0.717, 1.165) is 6.39 Å². The Labute approximate surface area is 101 Å². The first-order valence-corrected chi connectivity index (χ1v) is 4.75. The van der Waals surface area contributed by atoms with Gasteiger partial charge in [-0.1, -0.05) is 5.16 Å². The van der Waals surface area contributed by atoms with E-state index in [-0.39, 0.29) is 6.07 Å². The third-order valence-electron chi connectivity index (χ3n) is 2.25. The number of halogens is 6. The van der Waals surface area contributed by atoms with Crippen LogP contribution in [-0.4, -0.2) is 10.1 Å². The predicted octanol–water partition coefficient (Wildman–Crippen LogP) is 3.77. The van der Waals surface area contributed by atoms with Crippen molar-refractivity contribution in [1.82, 2.24) is 10.1 Å². The van der Waals surface area contributed by atoms with Crippen molar-refractivity contribution in [3.8, 4) is 11.4 Å². The molecule has 0 aliphatic heterocycles. The number of benzene rings is 1. The van der Waals surface area contributed by atoms with Gasteiger partial charge in [0.05, 0.1) is 11.1 Å². The zero-order valence-corrected chi connectivity index (χ0v) is 8.88. The molecule has 0 unspecified atom stereocenters. The number of nitrogens with zero attached hydrogens (tertiary/aromatic N) is 2. The molecule has 2 aromatic rings. The SMILES string of the molecule is FC(F)(F)c1ccc(-c2ncon2)c(C(F)(F)F)c1. The fraction of sp³-hybridized carbons (Fsp3) is 0.200. The van der Waals surface area contributed by atoms with Crippen molar-refractivity contribution in [1.29, 1.82) is 0 Å². The van der Waals surface area contributed by atoms with Crippen molar-refractivity contribution in [3.63, 3.8) is 0 Å². The second-order valence-electron chi connectivity index (χ2n) is 3.51. The fourth-order valence-corrected chi connectivity index (χ4v) is 1.44. The average Bonchev–Trinajstić information content (AvgIpc) is 2.79. The molecule has 0 fully saturated rings. The summed E-state index contributed by atoms with van der Waals surface area (Å²) in [6.45, 7) is 0. The normalized spacial score (nSPS) is 12.7. The Morgan fingerprint density at radius 3 is 2.11 bits per heavy atom. The van der Waals surface area contributed by atoms with Crippen LogP contribution in [0, 0.1) is 0 Å². The lowest BCUT2D eigenvalue weighted by Crippen LogP contribution is -2.12. The quantitative estimate of drug-likeness (QED) is 0.747. The van der Waals surface area contributed by atoms with Crippen molar-refractivity contribution in [2.45, 2.75) is 12.4 Å². The number of alkyl halides is 6. The minimum Gasteiger partial charge on any atom is -0.342 e. The van der Waals surface area contributed by atoms with Crippen LogP contribution in [0.1, 0.15) is 11.1 Å². The molecule has 0 N–H and O–H groups in total. The molecule has 0 aliphatic rings. The predicted molar refractivity (Wildman–Crippen MR) is 49.7 cm³/mol. The maximum atomic E-state index is 12.8. The average molecular weight is 282 g/mol. The lowest BCUT2D eigenvalue weighted by atomic mass is 10.0. The molecule has 0 radical (unpaired) electrons. The molecule has 0 amide bonds. The van der Waals surface area contributed by atoms with E-state index in [1.54, 1.807) is 0 Å². The van der Waals surface area contributed by atoms with Crippen molar-refractivity contribution in [3.05, 3.63) is 35.7 Å². The highest BCUT2D eigenvalue weighted by atomic mass is 19.4. The van der Waals surface area contributed by atoms with E-state index in [9.17, 15) is 26.3 Å². The Bertz CT molecular complexity index is 573. The Kier molecular flexibility index (Phi) is 2.99. The van der Waals surface area contributed by atoms with E-state index >= 15 is 0 Å². The molecule has 0 bridgehead atoms. The van der Waals surface area contributed by atoms with Gasteiger partial charge in [0.25, 0.3) is 0 Å². The zero-order chi connectivity index (χ0) is 14.3. The van der Waals surface area contributed by atoms with Gasteiger partial charge in [-0.25, -0.2) is 0 Å². The Balaban J connectivity index is 2.63. The summed E-state index contributed by atoms with van der Waals surface area (Å²) in [4.78, 5) is 3.39. The van der Waals surface area contributed by atoms with Gasteiger partial charge in [-0.05, 0) is 18.2 Å². The highest BCUT2D eigenvalue weighted by Crippen LogP contribution is 2.39. The van der Waals surface area contributed by atoms with Crippen LogP contribution in [0.5, 0.6) is 0 Å². The molecule has 3 nitrogen and oxygen atoms in total. The second-order valence-corrected chi connectivity index (χ2v) is 3.51. The Morgan fingerprint density at radius 2 is 1.63 bits per heavy atom. The van der Waals surface area contributed by atoms with Gasteiger partial charge in [0, 0.05) is 5.56 Å². The van der Waals surface area contributed by atoms with E-state index in [4.69, 9.17) is 0 Å². The van der Waals surface area contributed by atoms with Gasteiger partial charge in [-0.3, -0.25) is 0 Å². The Morgan fingerprint density at radius 1 is 0.947 bits per heavy atom. The van der Waals surface area contributed by atoms with Crippen LogP contribution in [0.3, 0.4) is 0 Å². The molecule has 1 aromatic heterocycles. The monoisotopic (exact) mass is 282 g/mol. The highest BCUT2D eigenvalue weighted by molar-refractivity contribution is 5.61. The summed E-state index contributed by atoms with van der Waals surface area (Å²) in [7, 11) is 0. The molecular weight excluding hydrogens is 278 g/mol. The summed E-state index contributed by atoms with van der Waals surface area (Å²) < 4.78 is 79.8. The van der Waals surface area contributed by atoms with Gasteiger partial charge >= 0.3 is 12.4 Å². The summed E-state index contributed by atoms with van der Waals surface area (Å²) in [6.07, 6.45) is -9.04. The van der Waals surface area contributed by atoms with Gasteiger partial charge in [-0.2, -0.15) is 31.3 Å². The molecule has 0 aliphatic carbocycles. The number of hydrogen-bond acceptors (Lipinski definition) is 3. The van der Waals surface area contributed by atoms with Gasteiger partial charge < -0.3 is 4.52 Å². The van der Waals surface area contributed by atoms with Crippen LogP contribution >= 0.6 is 0 Å². The van der Waals surface area contributed by atoms with Crippen LogP contribution in [0.4, 0.5) is 26.3 Å². The van der Waals surface area contributed by atoms with E-state index < -0.39 is 34.9 Å². The molecule has 2 rings (SSSR count). The molecule has 19 heavy (non-hydrogen) atoms. The zero-order valence-electron chi connectivity index (χ0n) is 8.88. The highest BCUT2D eigenvalue weighted by Gasteiger charge is 2.39. The van der Waals surface area contributed by atoms with Crippen LogP contribution < -0.4 is 0 Å². The molecule has 9 heteroatoms. The second kappa shape index (κ2) is 4.25. The van der Waals surface area contributed by atoms with Gasteiger partial charge in [0.15, 0.2) is 0 Å². The first kappa shape index (κ1) is 13.4. The van der Waals surface area contributed by atoms with Gasteiger partial charge in [0.2, 0.25) is 12.2 Å². The van der Waals surface area contributed by atoms with Crippen molar-refractivity contribution in [2.75, 3.05) is 0 Å². The Hall–Kier alpha value is -2.06. The van der Waals surface area contributed by atoms with E-state index in [1.807, 2.05) is 0 Å². The summed E-state index contributed by atoms with van der Waals surface area (Å²) in [5, 5.41) is 3.19. The van der Waals surface area contributed by atoms with E-state index in [2.05, 4.69) is 14.7 Å². The molecule has 0 saturated carbocycles. The van der Waals surface area contributed by atoms with Crippen molar-refractivity contribution in [2.24, 2.45) is 0 Å². The third-order valence-corrected chi connectivity index (χ3v) is 2.25. The molecule has 0 spiro atoms. The molecular formula is C10H4F6N2O. The number of hydrogen-bond donors (Lipinski definition) is 0. The lowest BCUT2D eigenvalue weighted by Gasteiger charge is -2.14. The minimum atomic E-state index is -4.96. The summed E-state index contributed by atoms with van der Waals surface area (Å²) in [5.41, 5.74) is -3.44. The largest absolute Gasteiger partial charge is 0.417 e. The number of rotatable bonds is 1. The fourth-order valence-electron chi connectivity index (χ4n) is 1.44.